The summed E-state index contributed by atoms with van der Waals surface area (Å²) in [6.07, 6.45) is 0. The first-order valence-corrected chi connectivity index (χ1v) is 21.4. The summed E-state index contributed by atoms with van der Waals surface area (Å²) in [5.41, 5.74) is 15.9. The van der Waals surface area contributed by atoms with E-state index in [-0.39, 0.29) is 0 Å². The van der Waals surface area contributed by atoms with Crippen LogP contribution in [0.15, 0.2) is 231 Å². The molecule has 0 unspecified atom stereocenters. The molecule has 0 bridgehead atoms. The molecule has 0 atom stereocenters. The lowest BCUT2D eigenvalue weighted by molar-refractivity contribution is 1.18. The van der Waals surface area contributed by atoms with Gasteiger partial charge in [-0.25, -0.2) is 15.0 Å². The Balaban J connectivity index is 0.960. The molecule has 4 heteroatoms. The Morgan fingerprint density at radius 2 is 0.825 bits per heavy atom. The lowest BCUT2D eigenvalue weighted by atomic mass is 9.94. The minimum Gasteiger partial charge on any atom is -0.309 e. The molecule has 294 valence electrons. The largest absolute Gasteiger partial charge is 0.309 e. The normalized spacial score (nSPS) is 11.5. The number of pyridine rings is 1. The van der Waals surface area contributed by atoms with Crippen LogP contribution in [-0.2, 0) is 0 Å². The molecular weight excluding hydrogens is 765 g/mol. The van der Waals surface area contributed by atoms with Gasteiger partial charge in [-0.15, -0.1) is 0 Å². The minimum atomic E-state index is 0.684. The molecule has 12 aromatic rings. The number of aromatic nitrogens is 4. The molecule has 0 radical (unpaired) electrons. The van der Waals surface area contributed by atoms with Crippen molar-refractivity contribution in [3.63, 3.8) is 0 Å². The SMILES string of the molecule is c1ccc(-c2cccc(-c3cc(-c4ccccc4)nc(-c4ccc(-c5cccc(-c6nc7ccccc7c7c6ccc6c7c7ccccc7n6-c6ccccc6)c5)cc4)n3)c2)cc1. The number of para-hydroxylation sites is 3. The fourth-order valence-electron chi connectivity index (χ4n) is 9.20. The molecule has 0 saturated carbocycles. The summed E-state index contributed by atoms with van der Waals surface area (Å²) in [6.45, 7) is 0. The zero-order valence-corrected chi connectivity index (χ0v) is 34.2. The molecule has 3 aromatic heterocycles. The molecule has 0 aliphatic heterocycles. The van der Waals surface area contributed by atoms with Crippen LogP contribution in [0.2, 0.25) is 0 Å². The van der Waals surface area contributed by atoms with Crippen molar-refractivity contribution in [1.29, 1.82) is 0 Å². The van der Waals surface area contributed by atoms with Crippen LogP contribution in [0.25, 0.3) is 117 Å². The maximum atomic E-state index is 5.38. The topological polar surface area (TPSA) is 43.6 Å². The van der Waals surface area contributed by atoms with Gasteiger partial charge in [0.2, 0.25) is 0 Å². The third-order valence-corrected chi connectivity index (χ3v) is 12.2. The molecule has 0 fully saturated rings. The Morgan fingerprint density at radius 1 is 0.286 bits per heavy atom. The quantitative estimate of drug-likeness (QED) is 0.151. The highest BCUT2D eigenvalue weighted by Gasteiger charge is 2.20. The van der Waals surface area contributed by atoms with Crippen molar-refractivity contribution in [2.75, 3.05) is 0 Å². The van der Waals surface area contributed by atoms with E-state index in [0.29, 0.717) is 5.82 Å². The Kier molecular flexibility index (Phi) is 8.79. The highest BCUT2D eigenvalue weighted by atomic mass is 15.0. The fourth-order valence-corrected chi connectivity index (χ4v) is 9.20. The van der Waals surface area contributed by atoms with Gasteiger partial charge in [-0.3, -0.25) is 0 Å². The van der Waals surface area contributed by atoms with Gasteiger partial charge in [-0.2, -0.15) is 0 Å². The molecule has 9 aromatic carbocycles. The van der Waals surface area contributed by atoms with Crippen molar-refractivity contribution in [3.05, 3.63) is 231 Å². The lowest BCUT2D eigenvalue weighted by Crippen LogP contribution is -1.96. The average Bonchev–Trinajstić information content (AvgIpc) is 3.71. The zero-order valence-electron chi connectivity index (χ0n) is 34.2. The van der Waals surface area contributed by atoms with Crippen molar-refractivity contribution < 1.29 is 0 Å². The summed E-state index contributed by atoms with van der Waals surface area (Å²) in [5, 5.41) is 5.96. The highest BCUT2D eigenvalue weighted by Crippen LogP contribution is 2.43. The summed E-state index contributed by atoms with van der Waals surface area (Å²) >= 11 is 0. The lowest BCUT2D eigenvalue weighted by Gasteiger charge is -2.14. The first kappa shape index (κ1) is 36.4. The standard InChI is InChI=1S/C59H38N4/c1-4-16-39(17-5-1)43-20-14-22-45(36-43)53-38-52(41-18-6-2-7-19-41)61-59(62-53)42-32-30-40(31-33-42)44-21-15-23-46(37-44)58-50-34-35-55-57(56(50)48-26-10-12-28-51(48)60-58)49-27-11-13-29-54(49)63(55)47-24-8-3-9-25-47/h1-38H. The van der Waals surface area contributed by atoms with E-state index in [1.807, 2.05) is 12.1 Å². The second-order valence-electron chi connectivity index (χ2n) is 16.0. The van der Waals surface area contributed by atoms with Crippen LogP contribution in [0, 0.1) is 0 Å². The van der Waals surface area contributed by atoms with E-state index in [1.54, 1.807) is 0 Å². The summed E-state index contributed by atoms with van der Waals surface area (Å²) in [4.78, 5) is 15.7. The predicted octanol–water partition coefficient (Wildman–Crippen LogP) is 15.3. The summed E-state index contributed by atoms with van der Waals surface area (Å²) in [6, 6.07) is 81.4. The zero-order chi connectivity index (χ0) is 41.7. The number of hydrogen-bond acceptors (Lipinski definition) is 3. The van der Waals surface area contributed by atoms with Crippen molar-refractivity contribution in [2.45, 2.75) is 0 Å². The third-order valence-electron chi connectivity index (χ3n) is 12.2. The second-order valence-corrected chi connectivity index (χ2v) is 16.0. The molecule has 0 N–H and O–H groups in total. The number of rotatable bonds is 7. The molecule has 0 amide bonds. The number of benzene rings is 9. The van der Waals surface area contributed by atoms with E-state index in [9.17, 15) is 0 Å². The van der Waals surface area contributed by atoms with Crippen LogP contribution >= 0.6 is 0 Å². The number of fused-ring (bicyclic) bond motifs is 7. The smallest absolute Gasteiger partial charge is 0.160 e. The van der Waals surface area contributed by atoms with E-state index < -0.39 is 0 Å². The highest BCUT2D eigenvalue weighted by molar-refractivity contribution is 6.29. The van der Waals surface area contributed by atoms with Gasteiger partial charge in [0.15, 0.2) is 5.82 Å². The van der Waals surface area contributed by atoms with Crippen molar-refractivity contribution in [1.82, 2.24) is 19.5 Å². The van der Waals surface area contributed by atoms with Gasteiger partial charge >= 0.3 is 0 Å². The Morgan fingerprint density at radius 3 is 1.57 bits per heavy atom. The van der Waals surface area contributed by atoms with Crippen LogP contribution in [0.4, 0.5) is 0 Å². The number of hydrogen-bond donors (Lipinski definition) is 0. The van der Waals surface area contributed by atoms with E-state index in [1.165, 1.54) is 32.8 Å². The molecule has 12 rings (SSSR count). The third kappa shape index (κ3) is 6.44. The van der Waals surface area contributed by atoms with E-state index >= 15 is 0 Å². The fraction of sp³-hybridized carbons (Fsp3) is 0. The summed E-state index contributed by atoms with van der Waals surface area (Å²) in [7, 11) is 0. The van der Waals surface area contributed by atoms with Crippen LogP contribution in [0.3, 0.4) is 0 Å². The molecule has 63 heavy (non-hydrogen) atoms. The van der Waals surface area contributed by atoms with Gasteiger partial charge in [-0.1, -0.05) is 182 Å². The van der Waals surface area contributed by atoms with Gasteiger partial charge < -0.3 is 4.57 Å². The summed E-state index contributed by atoms with van der Waals surface area (Å²) in [5.74, 6) is 0.684. The van der Waals surface area contributed by atoms with Gasteiger partial charge in [-0.05, 0) is 70.8 Å². The molecular formula is C59H38N4. The Bertz CT molecular complexity index is 3650. The first-order valence-electron chi connectivity index (χ1n) is 21.4. The van der Waals surface area contributed by atoms with Crippen LogP contribution < -0.4 is 0 Å². The molecule has 0 aliphatic carbocycles. The monoisotopic (exact) mass is 802 g/mol. The van der Waals surface area contributed by atoms with Crippen molar-refractivity contribution in [2.24, 2.45) is 0 Å². The Labute approximate surface area is 365 Å². The van der Waals surface area contributed by atoms with E-state index in [4.69, 9.17) is 15.0 Å². The molecule has 0 spiro atoms. The first-order chi connectivity index (χ1) is 31.2. The summed E-state index contributed by atoms with van der Waals surface area (Å²) < 4.78 is 2.39. The van der Waals surface area contributed by atoms with Gasteiger partial charge in [0.25, 0.3) is 0 Å². The average molecular weight is 803 g/mol. The van der Waals surface area contributed by atoms with Crippen molar-refractivity contribution in [3.8, 4) is 73.1 Å². The van der Waals surface area contributed by atoms with Crippen LogP contribution in [0.5, 0.6) is 0 Å². The molecule has 0 saturated heterocycles. The predicted molar refractivity (Wildman–Crippen MR) is 262 cm³/mol. The maximum absolute atomic E-state index is 5.38. The molecule has 0 aliphatic rings. The van der Waals surface area contributed by atoms with Crippen LogP contribution in [0.1, 0.15) is 0 Å². The van der Waals surface area contributed by atoms with Gasteiger partial charge in [0.1, 0.15) is 0 Å². The molecule has 3 heterocycles. The minimum absolute atomic E-state index is 0.684. The Hall–Kier alpha value is -8.47. The maximum Gasteiger partial charge on any atom is 0.160 e. The number of nitrogens with zero attached hydrogens (tertiary/aromatic N) is 4. The van der Waals surface area contributed by atoms with E-state index in [2.05, 4.69) is 223 Å². The van der Waals surface area contributed by atoms with Gasteiger partial charge in [0.05, 0.1) is 33.6 Å². The van der Waals surface area contributed by atoms with Gasteiger partial charge in [0, 0.05) is 54.9 Å². The molecule has 4 nitrogen and oxygen atoms in total. The van der Waals surface area contributed by atoms with Crippen molar-refractivity contribution >= 4 is 43.5 Å². The van der Waals surface area contributed by atoms with E-state index in [0.717, 1.165) is 78.0 Å². The second kappa shape index (κ2) is 15.2. The van der Waals surface area contributed by atoms with Crippen LogP contribution in [-0.4, -0.2) is 19.5 Å².